The predicted octanol–water partition coefficient (Wildman–Crippen LogP) is 1.54. The molecule has 2 aromatic heterocycles. The predicted molar refractivity (Wildman–Crippen MR) is 147 cm³/mol. The molecule has 1 aliphatic heterocycles. The lowest BCUT2D eigenvalue weighted by molar-refractivity contribution is -0.134. The maximum atomic E-state index is 13.4. The maximum Gasteiger partial charge on any atom is 0.261 e. The Morgan fingerprint density at radius 2 is 2.00 bits per heavy atom. The van der Waals surface area contributed by atoms with Crippen molar-refractivity contribution in [2.45, 2.75) is 37.4 Å². The first-order valence-corrected chi connectivity index (χ1v) is 14.3. The molecule has 0 aliphatic carbocycles. The van der Waals surface area contributed by atoms with Crippen LogP contribution in [0.1, 0.15) is 29.8 Å². The van der Waals surface area contributed by atoms with Gasteiger partial charge >= 0.3 is 0 Å². The number of imidazole rings is 1. The molecule has 12 nitrogen and oxygen atoms in total. The number of benzene rings is 1. The van der Waals surface area contributed by atoms with Crippen LogP contribution in [0.15, 0.2) is 60.3 Å². The molecule has 1 aromatic carbocycles. The Hall–Kier alpha value is -3.81. The highest BCUT2D eigenvalue weighted by Gasteiger charge is 2.34. The number of ether oxygens (including phenoxy) is 1. The number of rotatable bonds is 8. The Labute approximate surface area is 233 Å². The molecule has 0 radical (unpaired) electrons. The number of nitrogens with one attached hydrogen (secondary N) is 1. The molecule has 0 spiro atoms. The molecule has 1 aliphatic rings. The molecule has 0 bridgehead atoms. The van der Waals surface area contributed by atoms with E-state index in [0.29, 0.717) is 22.6 Å². The lowest BCUT2D eigenvalue weighted by Crippen LogP contribution is -2.48. The van der Waals surface area contributed by atoms with Crippen molar-refractivity contribution in [1.29, 1.82) is 0 Å². The van der Waals surface area contributed by atoms with Crippen LogP contribution >= 0.6 is 0 Å². The molecule has 40 heavy (non-hydrogen) atoms. The number of carbonyl (C=O) groups is 2. The minimum absolute atomic E-state index is 0.00438. The lowest BCUT2D eigenvalue weighted by Gasteiger charge is -2.33. The Bertz CT molecular complexity index is 1460. The standard InChI is InChI=1S/C27H34N6O6S/c1-18-13-33(19(2)16-34)26(35)12-21-11-22(30-27(36)20-7-9-28-10-8-20)5-6-23(21)39-24(18)14-32(4)40(37,38)25-15-31(3)17-29-25/h5-11,15,17-19,24,34H,12-14,16H2,1-4H3,(H,30,36)/t18-,19+,24+/m1/s1. The summed E-state index contributed by atoms with van der Waals surface area (Å²) in [6.45, 7) is 3.65. The molecule has 3 aromatic rings. The number of sulfonamides is 1. The first-order chi connectivity index (χ1) is 19.0. The largest absolute Gasteiger partial charge is 0.488 e. The van der Waals surface area contributed by atoms with Gasteiger partial charge in [0.15, 0.2) is 5.03 Å². The van der Waals surface area contributed by atoms with Gasteiger partial charge in [-0.25, -0.2) is 13.4 Å². The van der Waals surface area contributed by atoms with Crippen LogP contribution in [0.3, 0.4) is 0 Å². The molecule has 13 heteroatoms. The van der Waals surface area contributed by atoms with E-state index < -0.39 is 22.2 Å². The van der Waals surface area contributed by atoms with Crippen LogP contribution in [0.2, 0.25) is 0 Å². The van der Waals surface area contributed by atoms with Gasteiger partial charge in [0, 0.05) is 62.0 Å². The molecule has 2 amide bonds. The summed E-state index contributed by atoms with van der Waals surface area (Å²) in [6, 6.07) is 7.75. The second-order valence-electron chi connectivity index (χ2n) is 10.1. The van der Waals surface area contributed by atoms with Gasteiger partial charge in [0.05, 0.1) is 31.9 Å². The van der Waals surface area contributed by atoms with Crippen LogP contribution in [0.5, 0.6) is 5.75 Å². The van der Waals surface area contributed by atoms with Gasteiger partial charge in [0.1, 0.15) is 11.9 Å². The van der Waals surface area contributed by atoms with Crippen molar-refractivity contribution >= 4 is 27.5 Å². The number of nitrogens with zero attached hydrogens (tertiary/aromatic N) is 5. The number of aryl methyl sites for hydroxylation is 1. The molecule has 214 valence electrons. The minimum atomic E-state index is -3.89. The van der Waals surface area contributed by atoms with Gasteiger partial charge in [-0.05, 0) is 37.3 Å². The summed E-state index contributed by atoms with van der Waals surface area (Å²) in [7, 11) is -0.740. The second kappa shape index (κ2) is 12.1. The highest BCUT2D eigenvalue weighted by atomic mass is 32.2. The van der Waals surface area contributed by atoms with Crippen LogP contribution < -0.4 is 10.1 Å². The maximum absolute atomic E-state index is 13.4. The zero-order valence-electron chi connectivity index (χ0n) is 22.9. The number of pyridine rings is 1. The van der Waals surface area contributed by atoms with Crippen molar-refractivity contribution < 1.29 is 27.9 Å². The second-order valence-corrected chi connectivity index (χ2v) is 12.1. The van der Waals surface area contributed by atoms with Crippen LogP contribution in [0.4, 0.5) is 5.69 Å². The van der Waals surface area contributed by atoms with Crippen LogP contribution in [0.25, 0.3) is 0 Å². The first kappa shape index (κ1) is 29.2. The Kier molecular flexibility index (Phi) is 8.86. The van der Waals surface area contributed by atoms with E-state index in [1.807, 2.05) is 6.92 Å². The minimum Gasteiger partial charge on any atom is -0.488 e. The summed E-state index contributed by atoms with van der Waals surface area (Å²) in [4.78, 5) is 35.6. The molecular formula is C27H34N6O6S. The van der Waals surface area contributed by atoms with Crippen molar-refractivity contribution in [2.24, 2.45) is 13.0 Å². The Morgan fingerprint density at radius 3 is 2.65 bits per heavy atom. The van der Waals surface area contributed by atoms with E-state index in [9.17, 15) is 23.1 Å². The number of aromatic nitrogens is 3. The molecule has 2 N–H and O–H groups in total. The van der Waals surface area contributed by atoms with E-state index in [1.165, 1.54) is 36.3 Å². The van der Waals surface area contributed by atoms with Crippen LogP contribution in [-0.4, -0.2) is 88.0 Å². The van der Waals surface area contributed by atoms with E-state index >= 15 is 0 Å². The number of hydrogen-bond acceptors (Lipinski definition) is 8. The van der Waals surface area contributed by atoms with Gasteiger partial charge in [-0.1, -0.05) is 6.92 Å². The number of anilines is 1. The van der Waals surface area contributed by atoms with Crippen LogP contribution in [-0.2, 0) is 28.3 Å². The molecule has 0 saturated heterocycles. The fraction of sp³-hybridized carbons (Fsp3) is 0.407. The topological polar surface area (TPSA) is 147 Å². The van der Waals surface area contributed by atoms with Crippen molar-refractivity contribution in [3.63, 3.8) is 0 Å². The normalized spacial score (nSPS) is 18.8. The number of aliphatic hydroxyl groups is 1. The summed E-state index contributed by atoms with van der Waals surface area (Å²) in [5.41, 5.74) is 1.43. The number of hydrogen-bond donors (Lipinski definition) is 2. The van der Waals surface area contributed by atoms with Gasteiger partial charge in [-0.15, -0.1) is 0 Å². The zero-order chi connectivity index (χ0) is 29.0. The summed E-state index contributed by atoms with van der Waals surface area (Å²) < 4.78 is 35.5. The Balaban J connectivity index is 1.65. The summed E-state index contributed by atoms with van der Waals surface area (Å²) in [6.07, 6.45) is 5.23. The number of fused-ring (bicyclic) bond motifs is 1. The van der Waals surface area contributed by atoms with Gasteiger partial charge in [0.25, 0.3) is 15.9 Å². The third-order valence-corrected chi connectivity index (χ3v) is 8.62. The van der Waals surface area contributed by atoms with Crippen molar-refractivity contribution in [2.75, 3.05) is 32.1 Å². The molecular weight excluding hydrogens is 536 g/mol. The number of likely N-dealkylation sites (N-methyl/N-ethyl adjacent to an activating group) is 1. The van der Waals surface area contributed by atoms with E-state index in [2.05, 4.69) is 15.3 Å². The fourth-order valence-electron chi connectivity index (χ4n) is 4.46. The molecule has 3 atom stereocenters. The van der Waals surface area contributed by atoms with Crippen molar-refractivity contribution in [1.82, 2.24) is 23.7 Å². The van der Waals surface area contributed by atoms with Crippen molar-refractivity contribution in [3.05, 3.63) is 66.4 Å². The van der Waals surface area contributed by atoms with Gasteiger partial charge < -0.3 is 24.6 Å². The molecule has 0 fully saturated rings. The fourth-order valence-corrected chi connectivity index (χ4v) is 5.61. The number of carbonyl (C=O) groups excluding carboxylic acids is 2. The summed E-state index contributed by atoms with van der Waals surface area (Å²) in [5.74, 6) is -0.433. The van der Waals surface area contributed by atoms with Gasteiger partial charge in [0.2, 0.25) is 5.91 Å². The van der Waals surface area contributed by atoms with E-state index in [0.717, 1.165) is 0 Å². The van der Waals surface area contributed by atoms with Crippen molar-refractivity contribution in [3.8, 4) is 5.75 Å². The first-order valence-electron chi connectivity index (χ1n) is 12.8. The smallest absolute Gasteiger partial charge is 0.261 e. The highest BCUT2D eigenvalue weighted by molar-refractivity contribution is 7.89. The molecule has 4 rings (SSSR count). The molecule has 0 saturated carbocycles. The van der Waals surface area contributed by atoms with E-state index in [4.69, 9.17) is 4.74 Å². The molecule has 3 heterocycles. The van der Waals surface area contributed by atoms with Gasteiger partial charge in [-0.3, -0.25) is 14.6 Å². The quantitative estimate of drug-likeness (QED) is 0.415. The summed E-state index contributed by atoms with van der Waals surface area (Å²) >= 11 is 0. The lowest BCUT2D eigenvalue weighted by atomic mass is 10.0. The average molecular weight is 571 g/mol. The average Bonchev–Trinajstić information content (AvgIpc) is 3.40. The third-order valence-electron chi connectivity index (χ3n) is 6.91. The van der Waals surface area contributed by atoms with Gasteiger partial charge in [-0.2, -0.15) is 4.31 Å². The SMILES string of the molecule is C[C@@H]1CN([C@@H](C)CO)C(=O)Cc2cc(NC(=O)c3ccncc3)ccc2O[C@H]1CN(C)S(=O)(=O)c1cn(C)cn1. The number of amides is 2. The highest BCUT2D eigenvalue weighted by Crippen LogP contribution is 2.30. The van der Waals surface area contributed by atoms with E-state index in [1.54, 1.807) is 53.8 Å². The number of aliphatic hydroxyl groups excluding tert-OH is 1. The van der Waals surface area contributed by atoms with Crippen LogP contribution in [0, 0.1) is 5.92 Å². The third kappa shape index (κ3) is 6.49. The Morgan fingerprint density at radius 1 is 1.27 bits per heavy atom. The monoisotopic (exact) mass is 570 g/mol. The summed E-state index contributed by atoms with van der Waals surface area (Å²) in [5, 5.41) is 12.6. The zero-order valence-corrected chi connectivity index (χ0v) is 23.7. The van der Waals surface area contributed by atoms with E-state index in [-0.39, 0.29) is 48.9 Å². The molecule has 0 unspecified atom stereocenters.